The van der Waals surface area contributed by atoms with E-state index in [-0.39, 0.29) is 0 Å². The van der Waals surface area contributed by atoms with E-state index in [9.17, 15) is 4.79 Å². The van der Waals surface area contributed by atoms with Crippen LogP contribution in [0.3, 0.4) is 0 Å². The number of carbonyl (C=O) groups is 1. The number of esters is 1. The van der Waals surface area contributed by atoms with E-state index in [4.69, 9.17) is 11.6 Å². The van der Waals surface area contributed by atoms with Crippen molar-refractivity contribution in [2.45, 2.75) is 0 Å². The Balaban J connectivity index is 2.49. The molecule has 0 unspecified atom stereocenters. The molecular formula is C10H8ClN3O2. The minimum atomic E-state index is -0.411. The Bertz CT molecular complexity index is 511. The molecule has 0 aliphatic rings. The number of aromatic nitrogens is 3. The molecule has 0 radical (unpaired) electrons. The molecule has 6 heteroatoms. The first-order valence-electron chi connectivity index (χ1n) is 4.45. The first kappa shape index (κ1) is 10.6. The Morgan fingerprint density at radius 1 is 1.38 bits per heavy atom. The van der Waals surface area contributed by atoms with Gasteiger partial charge in [0.15, 0.2) is 0 Å². The summed E-state index contributed by atoms with van der Waals surface area (Å²) in [6, 6.07) is 4.85. The SMILES string of the molecule is COC(=O)c1ccc(Cl)c(-n2cnnc2)c1. The van der Waals surface area contributed by atoms with Gasteiger partial charge in [0.2, 0.25) is 0 Å². The Labute approximate surface area is 96.6 Å². The van der Waals surface area contributed by atoms with Crippen LogP contribution in [0.1, 0.15) is 10.4 Å². The van der Waals surface area contributed by atoms with Gasteiger partial charge < -0.3 is 4.74 Å². The van der Waals surface area contributed by atoms with Crippen molar-refractivity contribution in [3.8, 4) is 5.69 Å². The van der Waals surface area contributed by atoms with E-state index in [2.05, 4.69) is 14.9 Å². The van der Waals surface area contributed by atoms with E-state index in [1.165, 1.54) is 19.8 Å². The average molecular weight is 238 g/mol. The third-order valence-electron chi connectivity index (χ3n) is 2.06. The summed E-state index contributed by atoms with van der Waals surface area (Å²) < 4.78 is 6.25. The van der Waals surface area contributed by atoms with Gasteiger partial charge in [-0.3, -0.25) is 4.57 Å². The number of ether oxygens (including phenoxy) is 1. The van der Waals surface area contributed by atoms with Gasteiger partial charge in [0.1, 0.15) is 12.7 Å². The summed E-state index contributed by atoms with van der Waals surface area (Å²) in [7, 11) is 1.33. The first-order valence-corrected chi connectivity index (χ1v) is 4.83. The second-order valence-electron chi connectivity index (χ2n) is 3.03. The first-order chi connectivity index (χ1) is 7.72. The molecule has 82 valence electrons. The zero-order valence-electron chi connectivity index (χ0n) is 8.42. The summed E-state index contributed by atoms with van der Waals surface area (Å²) >= 11 is 6.01. The van der Waals surface area contributed by atoms with Gasteiger partial charge in [0.25, 0.3) is 0 Å². The number of benzene rings is 1. The van der Waals surface area contributed by atoms with Crippen LogP contribution in [0.4, 0.5) is 0 Å². The van der Waals surface area contributed by atoms with Crippen molar-refractivity contribution in [2.75, 3.05) is 7.11 Å². The highest BCUT2D eigenvalue weighted by atomic mass is 35.5. The molecule has 5 nitrogen and oxygen atoms in total. The van der Waals surface area contributed by atoms with Crippen LogP contribution in [0.25, 0.3) is 5.69 Å². The topological polar surface area (TPSA) is 57.0 Å². The summed E-state index contributed by atoms with van der Waals surface area (Å²) in [6.07, 6.45) is 3.00. The van der Waals surface area contributed by atoms with Crippen molar-refractivity contribution >= 4 is 17.6 Å². The van der Waals surface area contributed by atoms with E-state index < -0.39 is 5.97 Å². The second-order valence-corrected chi connectivity index (χ2v) is 3.43. The lowest BCUT2D eigenvalue weighted by Crippen LogP contribution is -2.02. The maximum Gasteiger partial charge on any atom is 0.337 e. The minimum absolute atomic E-state index is 0.411. The highest BCUT2D eigenvalue weighted by molar-refractivity contribution is 6.32. The van der Waals surface area contributed by atoms with E-state index in [0.29, 0.717) is 16.3 Å². The molecule has 0 saturated heterocycles. The fraction of sp³-hybridized carbons (Fsp3) is 0.100. The maximum atomic E-state index is 11.3. The van der Waals surface area contributed by atoms with Crippen LogP contribution in [0.5, 0.6) is 0 Å². The number of rotatable bonds is 2. The van der Waals surface area contributed by atoms with Crippen molar-refractivity contribution in [3.63, 3.8) is 0 Å². The molecular weight excluding hydrogens is 230 g/mol. The Kier molecular flexibility index (Phi) is 2.87. The van der Waals surface area contributed by atoms with Crippen LogP contribution in [0.2, 0.25) is 5.02 Å². The average Bonchev–Trinajstić information content (AvgIpc) is 2.82. The number of hydrogen-bond acceptors (Lipinski definition) is 4. The largest absolute Gasteiger partial charge is 0.465 e. The van der Waals surface area contributed by atoms with E-state index in [1.54, 1.807) is 22.8 Å². The molecule has 1 heterocycles. The van der Waals surface area contributed by atoms with Crippen LogP contribution in [-0.4, -0.2) is 27.8 Å². The van der Waals surface area contributed by atoms with Gasteiger partial charge >= 0.3 is 5.97 Å². The third kappa shape index (κ3) is 1.90. The second kappa shape index (κ2) is 4.32. The number of methoxy groups -OCH3 is 1. The van der Waals surface area contributed by atoms with Gasteiger partial charge in [-0.05, 0) is 18.2 Å². The summed E-state index contributed by atoms with van der Waals surface area (Å²) in [6.45, 7) is 0. The molecule has 16 heavy (non-hydrogen) atoms. The predicted octanol–water partition coefficient (Wildman–Crippen LogP) is 1.71. The molecule has 0 saturated carbocycles. The normalized spacial score (nSPS) is 10.1. The molecule has 0 fully saturated rings. The lowest BCUT2D eigenvalue weighted by Gasteiger charge is -2.06. The summed E-state index contributed by atoms with van der Waals surface area (Å²) in [5.41, 5.74) is 1.06. The van der Waals surface area contributed by atoms with Gasteiger partial charge in [0, 0.05) is 0 Å². The Morgan fingerprint density at radius 2 is 2.06 bits per heavy atom. The third-order valence-corrected chi connectivity index (χ3v) is 2.38. The molecule has 0 amide bonds. The number of nitrogens with zero attached hydrogens (tertiary/aromatic N) is 3. The number of carbonyl (C=O) groups excluding carboxylic acids is 1. The van der Waals surface area contributed by atoms with Gasteiger partial charge in [-0.2, -0.15) is 0 Å². The standard InChI is InChI=1S/C10H8ClN3O2/c1-16-10(15)7-2-3-8(11)9(4-7)14-5-12-13-6-14/h2-6H,1H3. The maximum absolute atomic E-state index is 11.3. The van der Waals surface area contributed by atoms with Crippen molar-refractivity contribution in [1.29, 1.82) is 0 Å². The molecule has 0 atom stereocenters. The molecule has 0 aliphatic heterocycles. The van der Waals surface area contributed by atoms with Crippen molar-refractivity contribution in [1.82, 2.24) is 14.8 Å². The summed E-state index contributed by atoms with van der Waals surface area (Å²) in [4.78, 5) is 11.3. The molecule has 0 N–H and O–H groups in total. The lowest BCUT2D eigenvalue weighted by atomic mass is 10.2. The van der Waals surface area contributed by atoms with Crippen molar-refractivity contribution in [2.24, 2.45) is 0 Å². The summed E-state index contributed by atoms with van der Waals surface area (Å²) in [5.74, 6) is -0.411. The zero-order valence-corrected chi connectivity index (χ0v) is 9.18. The fourth-order valence-corrected chi connectivity index (χ4v) is 1.50. The van der Waals surface area contributed by atoms with Crippen LogP contribution >= 0.6 is 11.6 Å². The summed E-state index contributed by atoms with van der Waals surface area (Å²) in [5, 5.41) is 7.85. The van der Waals surface area contributed by atoms with Gasteiger partial charge in [-0.25, -0.2) is 4.79 Å². The molecule has 1 aromatic carbocycles. The Hall–Kier alpha value is -1.88. The van der Waals surface area contributed by atoms with Crippen LogP contribution in [0, 0.1) is 0 Å². The molecule has 2 aromatic rings. The van der Waals surface area contributed by atoms with Crippen LogP contribution in [0.15, 0.2) is 30.9 Å². The van der Waals surface area contributed by atoms with Gasteiger partial charge in [-0.15, -0.1) is 10.2 Å². The predicted molar refractivity (Wildman–Crippen MR) is 57.7 cm³/mol. The monoisotopic (exact) mass is 237 g/mol. The fourth-order valence-electron chi connectivity index (χ4n) is 1.28. The van der Waals surface area contributed by atoms with Gasteiger partial charge in [0.05, 0.1) is 23.4 Å². The molecule has 0 spiro atoms. The highest BCUT2D eigenvalue weighted by Gasteiger charge is 2.09. The van der Waals surface area contributed by atoms with Crippen LogP contribution < -0.4 is 0 Å². The lowest BCUT2D eigenvalue weighted by molar-refractivity contribution is 0.0600. The van der Waals surface area contributed by atoms with E-state index in [1.807, 2.05) is 0 Å². The molecule has 1 aromatic heterocycles. The zero-order chi connectivity index (χ0) is 11.5. The molecule has 0 bridgehead atoms. The minimum Gasteiger partial charge on any atom is -0.465 e. The quantitative estimate of drug-likeness (QED) is 0.746. The molecule has 2 rings (SSSR count). The van der Waals surface area contributed by atoms with Gasteiger partial charge in [-0.1, -0.05) is 11.6 Å². The number of hydrogen-bond donors (Lipinski definition) is 0. The van der Waals surface area contributed by atoms with E-state index in [0.717, 1.165) is 0 Å². The molecule has 0 aliphatic carbocycles. The smallest absolute Gasteiger partial charge is 0.337 e. The van der Waals surface area contributed by atoms with Crippen molar-refractivity contribution < 1.29 is 9.53 Å². The van der Waals surface area contributed by atoms with Crippen LogP contribution in [-0.2, 0) is 4.74 Å². The number of halogens is 1. The highest BCUT2D eigenvalue weighted by Crippen LogP contribution is 2.21. The van der Waals surface area contributed by atoms with Crippen molar-refractivity contribution in [3.05, 3.63) is 41.4 Å². The van der Waals surface area contributed by atoms with E-state index >= 15 is 0 Å². The Morgan fingerprint density at radius 3 is 2.69 bits per heavy atom.